The third-order valence-electron chi connectivity index (χ3n) is 4.06. The van der Waals surface area contributed by atoms with Crippen LogP contribution in [0.25, 0.3) is 11.1 Å². The second-order valence-electron chi connectivity index (χ2n) is 5.92. The number of carboxylic acids is 1. The van der Waals surface area contributed by atoms with Crippen LogP contribution in [0.3, 0.4) is 0 Å². The summed E-state index contributed by atoms with van der Waals surface area (Å²) in [6.45, 7) is 0.830. The molecule has 0 saturated heterocycles. The van der Waals surface area contributed by atoms with E-state index in [9.17, 15) is 23.9 Å². The summed E-state index contributed by atoms with van der Waals surface area (Å²) in [6, 6.07) is 16.6. The summed E-state index contributed by atoms with van der Waals surface area (Å²) in [5, 5.41) is 10.7. The molecule has 2 unspecified atom stereocenters. The van der Waals surface area contributed by atoms with Gasteiger partial charge in [-0.1, -0.05) is 61.5 Å². The van der Waals surface area contributed by atoms with Gasteiger partial charge in [0.05, 0.1) is 0 Å². The topological polar surface area (TPSA) is 124 Å². The van der Waals surface area contributed by atoms with Crippen molar-refractivity contribution in [2.45, 2.75) is 18.5 Å². The number of rotatable bonds is 7. The van der Waals surface area contributed by atoms with Crippen LogP contribution in [0.2, 0.25) is 0 Å². The summed E-state index contributed by atoms with van der Waals surface area (Å²) in [7, 11) is -4.79. The largest absolute Gasteiger partial charge is 0.480 e. The molecule has 0 fully saturated rings. The zero-order chi connectivity index (χ0) is 19.3. The van der Waals surface area contributed by atoms with Crippen molar-refractivity contribution in [2.75, 3.05) is 6.54 Å². The molecule has 0 aromatic heterocycles. The molecule has 2 atom stereocenters. The van der Waals surface area contributed by atoms with Crippen molar-refractivity contribution in [3.05, 3.63) is 60.2 Å². The molecule has 2 rings (SSSR count). The van der Waals surface area contributed by atoms with Crippen LogP contribution < -0.4 is 5.32 Å². The second kappa shape index (κ2) is 8.27. The van der Waals surface area contributed by atoms with Crippen LogP contribution in [0.4, 0.5) is 0 Å². The maximum absolute atomic E-state index is 12.1. The van der Waals surface area contributed by atoms with Crippen molar-refractivity contribution in [1.29, 1.82) is 0 Å². The standard InChI is InChI=1S/C18H20NO6P/c1-12(17(26(23,24)25)18(22)19-11-16(20)21)13-7-9-15(10-8-13)14-5-3-2-4-6-14/h2-10,12,17H,11H2,1H3,(H,19,22)(H,20,21)(H2,23,24,25). The Morgan fingerprint density at radius 1 is 1.00 bits per heavy atom. The molecular weight excluding hydrogens is 357 g/mol. The number of hydrogen-bond acceptors (Lipinski definition) is 3. The Balaban J connectivity index is 2.25. The maximum atomic E-state index is 12.1. The monoisotopic (exact) mass is 377 g/mol. The van der Waals surface area contributed by atoms with Crippen molar-refractivity contribution in [3.63, 3.8) is 0 Å². The lowest BCUT2D eigenvalue weighted by molar-refractivity contribution is -0.138. The fraction of sp³-hybridized carbons (Fsp3) is 0.222. The van der Waals surface area contributed by atoms with Gasteiger partial charge < -0.3 is 20.2 Å². The Morgan fingerprint density at radius 2 is 1.54 bits per heavy atom. The van der Waals surface area contributed by atoms with Crippen LogP contribution in [0.1, 0.15) is 18.4 Å². The second-order valence-corrected chi connectivity index (χ2v) is 7.66. The lowest BCUT2D eigenvalue weighted by Crippen LogP contribution is -2.40. The van der Waals surface area contributed by atoms with E-state index in [1.54, 1.807) is 12.1 Å². The summed E-state index contributed by atoms with van der Waals surface area (Å²) in [5.41, 5.74) is 0.843. The van der Waals surface area contributed by atoms with E-state index >= 15 is 0 Å². The minimum absolute atomic E-state index is 0.573. The van der Waals surface area contributed by atoms with Crippen LogP contribution >= 0.6 is 7.60 Å². The van der Waals surface area contributed by atoms with Gasteiger partial charge in [-0.15, -0.1) is 0 Å². The molecule has 2 aromatic carbocycles. The van der Waals surface area contributed by atoms with Crippen LogP contribution in [0.15, 0.2) is 54.6 Å². The molecule has 7 nitrogen and oxygen atoms in total. The lowest BCUT2D eigenvalue weighted by atomic mass is 9.94. The van der Waals surface area contributed by atoms with E-state index in [2.05, 4.69) is 0 Å². The van der Waals surface area contributed by atoms with E-state index in [0.717, 1.165) is 11.1 Å². The number of hydrogen-bond donors (Lipinski definition) is 4. The summed E-state index contributed by atoms with van der Waals surface area (Å²) in [6.07, 6.45) is 0. The van der Waals surface area contributed by atoms with Gasteiger partial charge in [-0.2, -0.15) is 0 Å². The number of amides is 1. The molecule has 8 heteroatoms. The van der Waals surface area contributed by atoms with Crippen LogP contribution in [-0.4, -0.2) is 39.0 Å². The van der Waals surface area contributed by atoms with Gasteiger partial charge in [-0.3, -0.25) is 14.2 Å². The van der Waals surface area contributed by atoms with Gasteiger partial charge in [0.25, 0.3) is 0 Å². The summed E-state index contributed by atoms with van der Waals surface area (Å²) >= 11 is 0. The highest BCUT2D eigenvalue weighted by Crippen LogP contribution is 2.48. The zero-order valence-electron chi connectivity index (χ0n) is 14.1. The van der Waals surface area contributed by atoms with E-state index in [1.807, 2.05) is 47.8 Å². The predicted octanol–water partition coefficient (Wildman–Crippen LogP) is 2.20. The molecular formula is C18H20NO6P. The van der Waals surface area contributed by atoms with E-state index in [0.29, 0.717) is 5.56 Å². The molecule has 0 radical (unpaired) electrons. The van der Waals surface area contributed by atoms with Crippen molar-refractivity contribution < 1.29 is 29.0 Å². The van der Waals surface area contributed by atoms with E-state index in [4.69, 9.17) is 5.11 Å². The van der Waals surface area contributed by atoms with Crippen LogP contribution in [-0.2, 0) is 14.2 Å². The minimum Gasteiger partial charge on any atom is -0.480 e. The van der Waals surface area contributed by atoms with Crippen molar-refractivity contribution >= 4 is 19.5 Å². The molecule has 26 heavy (non-hydrogen) atoms. The molecule has 0 aliphatic heterocycles. The Hall–Kier alpha value is -2.47. The molecule has 0 bridgehead atoms. The first kappa shape index (κ1) is 19.8. The Kier molecular flexibility index (Phi) is 6.32. The number of carbonyl (C=O) groups excluding carboxylic acids is 1. The molecule has 1 amide bonds. The summed E-state index contributed by atoms with van der Waals surface area (Å²) in [5.74, 6) is -3.07. The number of nitrogens with one attached hydrogen (secondary N) is 1. The fourth-order valence-electron chi connectivity index (χ4n) is 2.73. The van der Waals surface area contributed by atoms with Gasteiger partial charge in [0.1, 0.15) is 12.2 Å². The summed E-state index contributed by atoms with van der Waals surface area (Å²) < 4.78 is 11.8. The third kappa shape index (κ3) is 5.02. The molecule has 0 aliphatic carbocycles. The van der Waals surface area contributed by atoms with Gasteiger partial charge in [0, 0.05) is 5.92 Å². The van der Waals surface area contributed by atoms with Gasteiger partial charge >= 0.3 is 13.6 Å². The van der Waals surface area contributed by atoms with Crippen molar-refractivity contribution in [1.82, 2.24) is 5.32 Å². The average Bonchev–Trinajstić information content (AvgIpc) is 2.59. The molecule has 0 aliphatic rings. The first-order valence-corrected chi connectivity index (χ1v) is 9.58. The zero-order valence-corrected chi connectivity index (χ0v) is 15.0. The van der Waals surface area contributed by atoms with Gasteiger partial charge in [0.2, 0.25) is 5.91 Å². The van der Waals surface area contributed by atoms with Gasteiger partial charge in [-0.05, 0) is 16.7 Å². The van der Waals surface area contributed by atoms with Crippen LogP contribution in [0.5, 0.6) is 0 Å². The maximum Gasteiger partial charge on any atom is 0.338 e. The first-order chi connectivity index (χ1) is 12.2. The van der Waals surface area contributed by atoms with E-state index < -0.39 is 37.6 Å². The van der Waals surface area contributed by atoms with Gasteiger partial charge in [-0.25, -0.2) is 0 Å². The lowest BCUT2D eigenvalue weighted by Gasteiger charge is -2.24. The Morgan fingerprint density at radius 3 is 2.04 bits per heavy atom. The molecule has 138 valence electrons. The molecule has 0 spiro atoms. The first-order valence-electron chi connectivity index (χ1n) is 7.90. The number of carbonyl (C=O) groups is 2. The fourth-order valence-corrected chi connectivity index (χ4v) is 3.88. The molecule has 2 aromatic rings. The Bertz CT molecular complexity index is 815. The highest BCUT2D eigenvalue weighted by atomic mass is 31.2. The summed E-state index contributed by atoms with van der Waals surface area (Å²) in [4.78, 5) is 41.9. The van der Waals surface area contributed by atoms with Gasteiger partial charge in [0.15, 0.2) is 0 Å². The van der Waals surface area contributed by atoms with E-state index in [1.165, 1.54) is 6.92 Å². The highest BCUT2D eigenvalue weighted by molar-refractivity contribution is 7.53. The predicted molar refractivity (Wildman–Crippen MR) is 96.8 cm³/mol. The number of aliphatic carboxylic acids is 1. The molecule has 0 heterocycles. The normalized spacial score (nSPS) is 13.7. The third-order valence-corrected chi connectivity index (χ3v) is 5.47. The molecule has 0 saturated carbocycles. The smallest absolute Gasteiger partial charge is 0.338 e. The quantitative estimate of drug-likeness (QED) is 0.549. The van der Waals surface area contributed by atoms with E-state index in [-0.39, 0.29) is 0 Å². The number of benzene rings is 2. The SMILES string of the molecule is CC(c1ccc(-c2ccccc2)cc1)C(C(=O)NCC(=O)O)P(=O)(O)O. The van der Waals surface area contributed by atoms with Crippen LogP contribution in [0, 0.1) is 0 Å². The Labute approximate surface area is 150 Å². The minimum atomic E-state index is -4.79. The average molecular weight is 377 g/mol. The highest BCUT2D eigenvalue weighted by Gasteiger charge is 2.40. The number of carboxylic acid groups (broad SMARTS) is 1. The van der Waals surface area contributed by atoms with Crippen molar-refractivity contribution in [2.24, 2.45) is 0 Å². The van der Waals surface area contributed by atoms with Crippen molar-refractivity contribution in [3.8, 4) is 11.1 Å². The molecule has 4 N–H and O–H groups in total.